The number of piperazine rings is 1. The number of hydrogen-bond acceptors (Lipinski definition) is 7. The second-order valence-corrected chi connectivity index (χ2v) is 10.9. The van der Waals surface area contributed by atoms with Gasteiger partial charge >= 0.3 is 6.03 Å². The molecule has 0 radical (unpaired) electrons. The number of aromatic nitrogens is 2. The third-order valence-electron chi connectivity index (χ3n) is 7.34. The number of urea groups is 1. The Bertz CT molecular complexity index is 1370. The summed E-state index contributed by atoms with van der Waals surface area (Å²) in [4.78, 5) is 46.6. The first-order valence-electron chi connectivity index (χ1n) is 12.4. The number of nitrogens with one attached hydrogen (secondary N) is 1. The van der Waals surface area contributed by atoms with Crippen molar-refractivity contribution in [2.45, 2.75) is 25.8 Å². The Morgan fingerprint density at radius 3 is 2.72 bits per heavy atom. The van der Waals surface area contributed by atoms with Crippen LogP contribution in [0.1, 0.15) is 28.0 Å². The Labute approximate surface area is 213 Å². The number of aliphatic imine (C=N–C) groups is 1. The minimum absolute atomic E-state index is 0.00762. The van der Waals surface area contributed by atoms with Crippen LogP contribution in [-0.4, -0.2) is 83.1 Å². The van der Waals surface area contributed by atoms with Crippen molar-refractivity contribution < 1.29 is 9.59 Å². The van der Waals surface area contributed by atoms with Gasteiger partial charge in [-0.2, -0.15) is 0 Å². The van der Waals surface area contributed by atoms with Crippen molar-refractivity contribution in [3.8, 4) is 0 Å². The Kier molecular flexibility index (Phi) is 5.83. The van der Waals surface area contributed by atoms with Gasteiger partial charge in [-0.15, -0.1) is 11.3 Å². The van der Waals surface area contributed by atoms with Gasteiger partial charge in [-0.25, -0.2) is 14.8 Å². The van der Waals surface area contributed by atoms with E-state index in [-0.39, 0.29) is 17.9 Å². The van der Waals surface area contributed by atoms with Crippen molar-refractivity contribution in [2.24, 2.45) is 10.9 Å². The molecule has 3 aliphatic rings. The molecule has 2 aromatic heterocycles. The van der Waals surface area contributed by atoms with Crippen LogP contribution in [0.5, 0.6) is 0 Å². The van der Waals surface area contributed by atoms with Crippen LogP contribution in [0.25, 0.3) is 10.2 Å². The van der Waals surface area contributed by atoms with Crippen LogP contribution in [0.3, 0.4) is 0 Å². The molecule has 0 bridgehead atoms. The van der Waals surface area contributed by atoms with E-state index in [9.17, 15) is 9.59 Å². The number of amides is 3. The summed E-state index contributed by atoms with van der Waals surface area (Å²) in [6, 6.07) is 6.30. The summed E-state index contributed by atoms with van der Waals surface area (Å²) in [5.41, 5.74) is 4.64. The highest BCUT2D eigenvalue weighted by molar-refractivity contribution is 7.19. The number of rotatable bonds is 3. The van der Waals surface area contributed by atoms with Crippen LogP contribution >= 0.6 is 11.3 Å². The fourth-order valence-corrected chi connectivity index (χ4v) is 6.66. The molecular formula is C26H29N7O2S. The minimum Gasteiger partial charge on any atom is -0.340 e. The van der Waals surface area contributed by atoms with Crippen LogP contribution in [0.4, 0.5) is 16.3 Å². The molecule has 3 amide bonds. The summed E-state index contributed by atoms with van der Waals surface area (Å²) in [6.07, 6.45) is 5.92. The Morgan fingerprint density at radius 1 is 1.11 bits per heavy atom. The van der Waals surface area contributed by atoms with Crippen LogP contribution in [0.2, 0.25) is 0 Å². The van der Waals surface area contributed by atoms with Crippen molar-refractivity contribution in [3.63, 3.8) is 0 Å². The number of fused-ring (bicyclic) bond motifs is 4. The van der Waals surface area contributed by atoms with Gasteiger partial charge in [0.2, 0.25) is 5.91 Å². The van der Waals surface area contributed by atoms with Gasteiger partial charge in [0.25, 0.3) is 0 Å². The highest BCUT2D eigenvalue weighted by Gasteiger charge is 2.33. The molecular weight excluding hydrogens is 474 g/mol. The maximum Gasteiger partial charge on any atom is 0.319 e. The van der Waals surface area contributed by atoms with E-state index in [1.807, 2.05) is 16.0 Å². The van der Waals surface area contributed by atoms with E-state index in [2.05, 4.69) is 38.5 Å². The number of carbonyl (C=O) groups excluding carboxylic acids is 2. The lowest BCUT2D eigenvalue weighted by molar-refractivity contribution is -0.137. The van der Waals surface area contributed by atoms with E-state index in [4.69, 9.17) is 0 Å². The van der Waals surface area contributed by atoms with Gasteiger partial charge < -0.3 is 20.0 Å². The van der Waals surface area contributed by atoms with E-state index in [1.54, 1.807) is 36.7 Å². The molecule has 186 valence electrons. The fraction of sp³-hybridized carbons (Fsp3) is 0.423. The summed E-state index contributed by atoms with van der Waals surface area (Å²) in [7, 11) is 3.52. The zero-order valence-corrected chi connectivity index (χ0v) is 21.3. The van der Waals surface area contributed by atoms with E-state index in [0.717, 1.165) is 53.1 Å². The SMILES string of the molecule is CN(C)C(=O)N1CCN(C(=O)C2CCc3c(sc4ncnc(Nc5ccc6c(c5)C=NC6)c34)C2)CC1. The standard InChI is InChI=1S/C26H29N7O2S/c1-31(2)26(35)33-9-7-32(8-10-33)25(34)16-4-6-20-21(12-16)36-24-22(20)23(28-15-29-24)30-19-5-3-17-13-27-14-18(17)11-19/h3,5,11,14-16H,4,6-10,12-13H2,1-2H3,(H,28,29,30). The first-order chi connectivity index (χ1) is 17.5. The quantitative estimate of drug-likeness (QED) is 0.592. The molecule has 3 aromatic rings. The molecule has 9 nitrogen and oxygen atoms in total. The molecule has 6 rings (SSSR count). The lowest BCUT2D eigenvalue weighted by Crippen LogP contribution is -2.54. The Balaban J connectivity index is 1.18. The van der Waals surface area contributed by atoms with Crippen LogP contribution in [0, 0.1) is 5.92 Å². The van der Waals surface area contributed by atoms with Gasteiger partial charge in [-0.3, -0.25) is 9.79 Å². The van der Waals surface area contributed by atoms with E-state index >= 15 is 0 Å². The molecule has 10 heteroatoms. The fourth-order valence-electron chi connectivity index (χ4n) is 5.39. The molecule has 0 saturated carbocycles. The maximum absolute atomic E-state index is 13.4. The average Bonchev–Trinajstić information content (AvgIpc) is 3.52. The smallest absolute Gasteiger partial charge is 0.319 e. The zero-order chi connectivity index (χ0) is 24.8. The van der Waals surface area contributed by atoms with Gasteiger partial charge in [-0.05, 0) is 48.1 Å². The molecule has 0 spiro atoms. The molecule has 1 aromatic carbocycles. The molecule has 1 fully saturated rings. The Hall–Kier alpha value is -3.53. The van der Waals surface area contributed by atoms with E-state index in [0.29, 0.717) is 26.2 Å². The summed E-state index contributed by atoms with van der Waals surface area (Å²) in [5.74, 6) is 1.00. The van der Waals surface area contributed by atoms with Gasteiger partial charge in [0.05, 0.1) is 11.9 Å². The third-order valence-corrected chi connectivity index (χ3v) is 8.50. The summed E-state index contributed by atoms with van der Waals surface area (Å²) >= 11 is 1.68. The average molecular weight is 504 g/mol. The summed E-state index contributed by atoms with van der Waals surface area (Å²) < 4.78 is 0. The van der Waals surface area contributed by atoms with E-state index < -0.39 is 0 Å². The maximum atomic E-state index is 13.4. The lowest BCUT2D eigenvalue weighted by atomic mass is 9.86. The molecule has 2 aliphatic heterocycles. The predicted octanol–water partition coefficient (Wildman–Crippen LogP) is 3.30. The minimum atomic E-state index is -0.0259. The normalized spacial score (nSPS) is 18.8. The molecule has 1 aliphatic carbocycles. The molecule has 36 heavy (non-hydrogen) atoms. The molecule has 1 saturated heterocycles. The second kappa shape index (κ2) is 9.16. The van der Waals surface area contributed by atoms with Crippen molar-refractivity contribution in [1.29, 1.82) is 0 Å². The summed E-state index contributed by atoms with van der Waals surface area (Å²) in [6.45, 7) is 3.11. The monoisotopic (exact) mass is 503 g/mol. The molecule has 1 N–H and O–H groups in total. The first-order valence-corrected chi connectivity index (χ1v) is 13.2. The number of nitrogens with zero attached hydrogens (tertiary/aromatic N) is 6. The number of anilines is 2. The molecule has 1 atom stereocenters. The topological polar surface area (TPSA) is 94.0 Å². The Morgan fingerprint density at radius 2 is 1.92 bits per heavy atom. The number of carbonyl (C=O) groups is 2. The van der Waals surface area contributed by atoms with Crippen molar-refractivity contribution in [1.82, 2.24) is 24.7 Å². The van der Waals surface area contributed by atoms with Crippen LogP contribution in [-0.2, 0) is 24.2 Å². The number of benzene rings is 1. The predicted molar refractivity (Wildman–Crippen MR) is 141 cm³/mol. The van der Waals surface area contributed by atoms with E-state index in [1.165, 1.54) is 16.0 Å². The number of thiophene rings is 1. The lowest BCUT2D eigenvalue weighted by Gasteiger charge is -2.38. The largest absolute Gasteiger partial charge is 0.340 e. The summed E-state index contributed by atoms with van der Waals surface area (Å²) in [5, 5.41) is 4.58. The first kappa shape index (κ1) is 22.9. The van der Waals surface area contributed by atoms with Crippen molar-refractivity contribution in [2.75, 3.05) is 45.6 Å². The molecule has 4 heterocycles. The van der Waals surface area contributed by atoms with Crippen molar-refractivity contribution >= 4 is 51.2 Å². The van der Waals surface area contributed by atoms with Gasteiger partial charge in [0, 0.05) is 63.0 Å². The number of aryl methyl sites for hydroxylation is 1. The molecule has 1 unspecified atom stereocenters. The number of hydrogen-bond donors (Lipinski definition) is 1. The highest BCUT2D eigenvalue weighted by Crippen LogP contribution is 2.41. The van der Waals surface area contributed by atoms with Gasteiger partial charge in [0.1, 0.15) is 17.0 Å². The van der Waals surface area contributed by atoms with Crippen LogP contribution in [0.15, 0.2) is 29.5 Å². The zero-order valence-electron chi connectivity index (χ0n) is 20.5. The second-order valence-electron chi connectivity index (χ2n) is 9.84. The third kappa shape index (κ3) is 4.09. The van der Waals surface area contributed by atoms with Crippen molar-refractivity contribution in [3.05, 3.63) is 46.1 Å². The van der Waals surface area contributed by atoms with Gasteiger partial charge in [0.15, 0.2) is 0 Å². The highest BCUT2D eigenvalue weighted by atomic mass is 32.1. The van der Waals surface area contributed by atoms with Crippen LogP contribution < -0.4 is 5.32 Å². The van der Waals surface area contributed by atoms with Gasteiger partial charge in [-0.1, -0.05) is 6.07 Å².